The molecular formula is C22H18FN3O3. The predicted molar refractivity (Wildman–Crippen MR) is 108 cm³/mol. The van der Waals surface area contributed by atoms with E-state index in [0.717, 1.165) is 10.1 Å². The number of benzene rings is 2. The number of carbonyl (C=O) groups is 1. The summed E-state index contributed by atoms with van der Waals surface area (Å²) in [7, 11) is 3.08. The molecule has 2 aromatic carbocycles. The monoisotopic (exact) mass is 391 g/mol. The lowest BCUT2D eigenvalue weighted by atomic mass is 10.0. The number of hydrogen-bond acceptors (Lipinski definition) is 3. The van der Waals surface area contributed by atoms with Gasteiger partial charge < -0.3 is 4.57 Å². The summed E-state index contributed by atoms with van der Waals surface area (Å²) < 4.78 is 17.4. The number of carbonyl (C=O) groups excluding carboxylic acids is 1. The average molecular weight is 391 g/mol. The van der Waals surface area contributed by atoms with Crippen LogP contribution in [0.5, 0.6) is 0 Å². The molecule has 0 aliphatic carbocycles. The van der Waals surface area contributed by atoms with Crippen LogP contribution in [0.2, 0.25) is 0 Å². The third-order valence-electron chi connectivity index (χ3n) is 5.06. The van der Waals surface area contributed by atoms with Crippen LogP contribution in [0.1, 0.15) is 21.5 Å². The molecule has 0 N–H and O–H groups in total. The van der Waals surface area contributed by atoms with E-state index in [0.29, 0.717) is 28.7 Å². The molecule has 0 amide bonds. The molecule has 6 nitrogen and oxygen atoms in total. The maximum atomic E-state index is 13.0. The Bertz CT molecular complexity index is 1340. The van der Waals surface area contributed by atoms with Crippen molar-refractivity contribution >= 4 is 16.8 Å². The number of nitrogens with zero attached hydrogens (tertiary/aromatic N) is 3. The first-order chi connectivity index (χ1) is 13.9. The Morgan fingerprint density at radius 3 is 2.07 bits per heavy atom. The van der Waals surface area contributed by atoms with Crippen molar-refractivity contribution < 1.29 is 9.18 Å². The Morgan fingerprint density at radius 2 is 1.45 bits per heavy atom. The summed E-state index contributed by atoms with van der Waals surface area (Å²) in [6, 6.07) is 14.2. The highest BCUT2D eigenvalue weighted by Gasteiger charge is 2.13. The van der Waals surface area contributed by atoms with Gasteiger partial charge in [-0.1, -0.05) is 24.3 Å². The molecule has 2 heterocycles. The summed E-state index contributed by atoms with van der Waals surface area (Å²) in [5.74, 6) is -0.577. The zero-order valence-corrected chi connectivity index (χ0v) is 15.9. The summed E-state index contributed by atoms with van der Waals surface area (Å²) >= 11 is 0. The zero-order chi connectivity index (χ0) is 20.7. The molecule has 4 aromatic rings. The molecule has 146 valence electrons. The second-order valence-electron chi connectivity index (χ2n) is 6.92. The molecular weight excluding hydrogens is 373 g/mol. The van der Waals surface area contributed by atoms with Crippen molar-refractivity contribution in [2.75, 3.05) is 0 Å². The normalized spacial score (nSPS) is 11.1. The maximum Gasteiger partial charge on any atom is 0.331 e. The first kappa shape index (κ1) is 18.6. The van der Waals surface area contributed by atoms with Gasteiger partial charge in [-0.3, -0.25) is 18.7 Å². The minimum Gasteiger partial charge on any atom is -0.337 e. The molecule has 0 fully saturated rings. The lowest BCUT2D eigenvalue weighted by Gasteiger charge is -2.09. The van der Waals surface area contributed by atoms with E-state index in [-0.39, 0.29) is 22.8 Å². The molecule has 29 heavy (non-hydrogen) atoms. The predicted octanol–water partition coefficient (Wildman–Crippen LogP) is 2.46. The number of fused-ring (bicyclic) bond motifs is 1. The largest absolute Gasteiger partial charge is 0.337 e. The molecule has 0 radical (unpaired) electrons. The quantitative estimate of drug-likeness (QED) is 0.502. The van der Waals surface area contributed by atoms with Crippen LogP contribution in [0.15, 0.2) is 70.4 Å². The smallest absolute Gasteiger partial charge is 0.331 e. The fourth-order valence-electron chi connectivity index (χ4n) is 3.40. The van der Waals surface area contributed by atoms with Crippen molar-refractivity contribution in [3.63, 3.8) is 0 Å². The van der Waals surface area contributed by atoms with Gasteiger partial charge in [0.2, 0.25) is 0 Å². The Morgan fingerprint density at radius 1 is 0.862 bits per heavy atom. The fraction of sp³-hybridized carbons (Fsp3) is 0.136. The minimum absolute atomic E-state index is 0.188. The van der Waals surface area contributed by atoms with Crippen LogP contribution in [-0.4, -0.2) is 19.5 Å². The van der Waals surface area contributed by atoms with Gasteiger partial charge in [0.15, 0.2) is 5.78 Å². The van der Waals surface area contributed by atoms with E-state index in [2.05, 4.69) is 0 Å². The number of hydrogen-bond donors (Lipinski definition) is 0. The van der Waals surface area contributed by atoms with Crippen LogP contribution < -0.4 is 11.2 Å². The molecule has 0 unspecified atom stereocenters. The number of ketones is 1. The third-order valence-corrected chi connectivity index (χ3v) is 5.06. The highest BCUT2D eigenvalue weighted by atomic mass is 19.1. The Hall–Kier alpha value is -3.74. The molecule has 0 aliphatic heterocycles. The van der Waals surface area contributed by atoms with Crippen molar-refractivity contribution in [3.05, 3.63) is 104 Å². The maximum absolute atomic E-state index is 13.0. The topological polar surface area (TPSA) is 66.0 Å². The number of aryl methyl sites for hydroxylation is 1. The summed E-state index contributed by atoms with van der Waals surface area (Å²) in [5.41, 5.74) is 2.10. The summed E-state index contributed by atoms with van der Waals surface area (Å²) in [4.78, 5) is 37.1. The Balaban J connectivity index is 1.65. The molecule has 0 spiro atoms. The average Bonchev–Trinajstić information content (AvgIpc) is 3.15. The van der Waals surface area contributed by atoms with Crippen LogP contribution in [0.25, 0.3) is 11.0 Å². The van der Waals surface area contributed by atoms with E-state index in [9.17, 15) is 18.8 Å². The summed E-state index contributed by atoms with van der Waals surface area (Å²) in [5, 5.41) is 0. The number of aromatic nitrogens is 3. The Kier molecular flexibility index (Phi) is 4.50. The van der Waals surface area contributed by atoms with Gasteiger partial charge in [-0.05, 0) is 35.9 Å². The van der Waals surface area contributed by atoms with Gasteiger partial charge in [0.1, 0.15) is 11.3 Å². The van der Waals surface area contributed by atoms with Crippen LogP contribution in [-0.2, 0) is 20.6 Å². The second-order valence-corrected chi connectivity index (χ2v) is 6.92. The lowest BCUT2D eigenvalue weighted by molar-refractivity contribution is 0.103. The number of rotatable bonds is 4. The molecule has 0 saturated carbocycles. The SMILES string of the molecule is Cn1c(=O)c2c(ccn2Cc2ccc(C(=O)c3ccc(F)cc3)cc2)n(C)c1=O. The molecule has 4 rings (SSSR count). The zero-order valence-electron chi connectivity index (χ0n) is 15.9. The van der Waals surface area contributed by atoms with Gasteiger partial charge >= 0.3 is 5.69 Å². The van der Waals surface area contributed by atoms with E-state index in [1.807, 2.05) is 12.1 Å². The fourth-order valence-corrected chi connectivity index (χ4v) is 3.40. The molecule has 7 heteroatoms. The Labute approximate surface area is 165 Å². The van der Waals surface area contributed by atoms with Crippen molar-refractivity contribution in [1.82, 2.24) is 13.7 Å². The van der Waals surface area contributed by atoms with Gasteiger partial charge in [-0.15, -0.1) is 0 Å². The van der Waals surface area contributed by atoms with Crippen molar-refractivity contribution in [3.8, 4) is 0 Å². The van der Waals surface area contributed by atoms with Crippen LogP contribution in [0.4, 0.5) is 4.39 Å². The van der Waals surface area contributed by atoms with E-state index in [4.69, 9.17) is 0 Å². The van der Waals surface area contributed by atoms with Gasteiger partial charge in [0, 0.05) is 38.0 Å². The van der Waals surface area contributed by atoms with Crippen LogP contribution in [0.3, 0.4) is 0 Å². The third kappa shape index (κ3) is 3.20. The highest BCUT2D eigenvalue weighted by Crippen LogP contribution is 2.15. The second kappa shape index (κ2) is 7.01. The summed E-state index contributed by atoms with van der Waals surface area (Å²) in [6.07, 6.45) is 1.77. The van der Waals surface area contributed by atoms with Crippen molar-refractivity contribution in [2.24, 2.45) is 14.1 Å². The number of halogens is 1. The van der Waals surface area contributed by atoms with Crippen molar-refractivity contribution in [2.45, 2.75) is 6.54 Å². The first-order valence-corrected chi connectivity index (χ1v) is 9.01. The molecule has 2 aromatic heterocycles. The minimum atomic E-state index is -0.389. The van der Waals surface area contributed by atoms with E-state index >= 15 is 0 Å². The molecule has 0 bridgehead atoms. The van der Waals surface area contributed by atoms with Gasteiger partial charge in [0.05, 0.1) is 5.52 Å². The van der Waals surface area contributed by atoms with Crippen molar-refractivity contribution in [1.29, 1.82) is 0 Å². The molecule has 0 atom stereocenters. The van der Waals surface area contributed by atoms with Crippen LogP contribution in [0, 0.1) is 5.82 Å². The highest BCUT2D eigenvalue weighted by molar-refractivity contribution is 6.08. The first-order valence-electron chi connectivity index (χ1n) is 9.01. The van der Waals surface area contributed by atoms with Crippen LogP contribution >= 0.6 is 0 Å². The lowest BCUT2D eigenvalue weighted by Crippen LogP contribution is -2.37. The molecule has 0 saturated heterocycles. The van der Waals surface area contributed by atoms with Gasteiger partial charge in [-0.2, -0.15) is 0 Å². The van der Waals surface area contributed by atoms with Gasteiger partial charge in [0.25, 0.3) is 5.56 Å². The standard InChI is InChI=1S/C22H18FN3O3/c1-24-18-11-12-26(19(18)21(28)25(2)22(24)29)13-14-3-5-15(6-4-14)20(27)16-7-9-17(23)10-8-16/h3-12H,13H2,1-2H3. The van der Waals surface area contributed by atoms with E-state index in [1.165, 1.54) is 35.9 Å². The summed E-state index contributed by atoms with van der Waals surface area (Å²) in [6.45, 7) is 0.419. The van der Waals surface area contributed by atoms with E-state index in [1.54, 1.807) is 36.0 Å². The molecule has 0 aliphatic rings. The van der Waals surface area contributed by atoms with E-state index < -0.39 is 0 Å². The van der Waals surface area contributed by atoms with Gasteiger partial charge in [-0.25, -0.2) is 9.18 Å².